The summed E-state index contributed by atoms with van der Waals surface area (Å²) >= 11 is 0. The van der Waals surface area contributed by atoms with E-state index in [9.17, 15) is 9.59 Å². The highest BCUT2D eigenvalue weighted by Gasteiger charge is 2.00. The van der Waals surface area contributed by atoms with Crippen LogP contribution in [0.5, 0.6) is 0 Å². The molecule has 6 nitrogen and oxygen atoms in total. The van der Waals surface area contributed by atoms with Crippen molar-refractivity contribution < 1.29 is 0 Å². The SMILES string of the molecule is CN/N=C\c1[nH]c(=O)[nH]c(=O)c1C. The molecule has 0 bridgehead atoms. The van der Waals surface area contributed by atoms with Gasteiger partial charge in [-0.15, -0.1) is 0 Å². The highest BCUT2D eigenvalue weighted by Crippen LogP contribution is 1.88. The topological polar surface area (TPSA) is 90.1 Å². The van der Waals surface area contributed by atoms with Gasteiger partial charge in [-0.3, -0.25) is 9.78 Å². The van der Waals surface area contributed by atoms with Gasteiger partial charge in [-0.1, -0.05) is 0 Å². The number of hydrogen-bond donors (Lipinski definition) is 3. The fraction of sp³-hybridized carbons (Fsp3) is 0.286. The molecule has 0 unspecified atom stereocenters. The molecule has 0 fully saturated rings. The van der Waals surface area contributed by atoms with Crippen LogP contribution in [-0.2, 0) is 0 Å². The Kier molecular flexibility index (Phi) is 2.63. The summed E-state index contributed by atoms with van der Waals surface area (Å²) in [6, 6.07) is 0. The zero-order valence-electron chi connectivity index (χ0n) is 7.34. The molecular formula is C7H10N4O2. The smallest absolute Gasteiger partial charge is 0.313 e. The zero-order valence-corrected chi connectivity index (χ0v) is 7.34. The minimum Gasteiger partial charge on any atom is -0.313 e. The van der Waals surface area contributed by atoms with Crippen LogP contribution in [0.15, 0.2) is 14.7 Å². The molecule has 1 aromatic rings. The maximum Gasteiger partial charge on any atom is 0.326 e. The Morgan fingerprint density at radius 2 is 2.08 bits per heavy atom. The summed E-state index contributed by atoms with van der Waals surface area (Å²) in [6.07, 6.45) is 1.38. The van der Waals surface area contributed by atoms with E-state index in [1.165, 1.54) is 6.21 Å². The van der Waals surface area contributed by atoms with Gasteiger partial charge in [0.05, 0.1) is 11.9 Å². The van der Waals surface area contributed by atoms with Gasteiger partial charge in [-0.05, 0) is 6.92 Å². The van der Waals surface area contributed by atoms with Crippen LogP contribution in [0, 0.1) is 6.92 Å². The third-order valence-corrected chi connectivity index (χ3v) is 1.54. The van der Waals surface area contributed by atoms with Gasteiger partial charge in [0.2, 0.25) is 0 Å². The van der Waals surface area contributed by atoms with Crippen molar-refractivity contribution >= 4 is 6.21 Å². The average molecular weight is 182 g/mol. The van der Waals surface area contributed by atoms with Gasteiger partial charge in [0.25, 0.3) is 5.56 Å². The van der Waals surface area contributed by atoms with Gasteiger partial charge in [-0.25, -0.2) is 4.79 Å². The molecule has 0 aliphatic heterocycles. The van der Waals surface area contributed by atoms with E-state index in [2.05, 4.69) is 20.5 Å². The second kappa shape index (κ2) is 3.70. The molecule has 1 aromatic heterocycles. The summed E-state index contributed by atoms with van der Waals surface area (Å²) in [7, 11) is 1.62. The lowest BCUT2D eigenvalue weighted by Crippen LogP contribution is -2.26. The van der Waals surface area contributed by atoms with Gasteiger partial charge in [0, 0.05) is 12.6 Å². The minimum absolute atomic E-state index is 0.402. The number of H-pyrrole nitrogens is 2. The van der Waals surface area contributed by atoms with Crippen molar-refractivity contribution in [1.82, 2.24) is 15.4 Å². The standard InChI is InChI=1S/C7H10N4O2/c1-4-5(3-9-8-2)10-7(13)11-6(4)12/h3,8H,1-2H3,(H2,10,11,12,13)/b9-3-. The molecule has 0 aromatic carbocycles. The summed E-state index contributed by atoms with van der Waals surface area (Å²) in [4.78, 5) is 26.5. The van der Waals surface area contributed by atoms with Crippen LogP contribution < -0.4 is 16.7 Å². The minimum atomic E-state index is -0.534. The summed E-state index contributed by atoms with van der Waals surface area (Å²) < 4.78 is 0. The first-order valence-electron chi connectivity index (χ1n) is 3.68. The van der Waals surface area contributed by atoms with Crippen LogP contribution in [-0.4, -0.2) is 23.2 Å². The lowest BCUT2D eigenvalue weighted by Gasteiger charge is -1.96. The molecule has 6 heteroatoms. The predicted molar refractivity (Wildman–Crippen MR) is 49.1 cm³/mol. The molecule has 0 aliphatic carbocycles. The first kappa shape index (κ1) is 9.24. The molecule has 0 atom stereocenters. The zero-order chi connectivity index (χ0) is 9.84. The molecule has 0 aliphatic rings. The number of hydrazone groups is 1. The molecule has 70 valence electrons. The van der Waals surface area contributed by atoms with Gasteiger partial charge in [0.1, 0.15) is 0 Å². The van der Waals surface area contributed by atoms with E-state index in [1.807, 2.05) is 0 Å². The predicted octanol–water partition coefficient (Wildman–Crippen LogP) is -1.08. The number of rotatable bonds is 2. The van der Waals surface area contributed by atoms with Gasteiger partial charge in [-0.2, -0.15) is 5.10 Å². The van der Waals surface area contributed by atoms with Crippen molar-refractivity contribution in [1.29, 1.82) is 0 Å². The second-order valence-electron chi connectivity index (χ2n) is 2.43. The average Bonchev–Trinajstić information content (AvgIpc) is 2.09. The monoisotopic (exact) mass is 182 g/mol. The van der Waals surface area contributed by atoms with Crippen molar-refractivity contribution in [3.05, 3.63) is 32.1 Å². The van der Waals surface area contributed by atoms with E-state index in [1.54, 1.807) is 14.0 Å². The third-order valence-electron chi connectivity index (χ3n) is 1.54. The Morgan fingerprint density at radius 1 is 1.38 bits per heavy atom. The number of nitrogens with zero attached hydrogens (tertiary/aromatic N) is 1. The van der Waals surface area contributed by atoms with Gasteiger partial charge in [0.15, 0.2) is 0 Å². The Bertz CT molecular complexity index is 429. The Labute approximate surface area is 73.7 Å². The van der Waals surface area contributed by atoms with Gasteiger partial charge < -0.3 is 10.4 Å². The molecule has 0 amide bonds. The lowest BCUT2D eigenvalue weighted by molar-refractivity contribution is 0.903. The number of aromatic amines is 2. The summed E-state index contributed by atoms with van der Waals surface area (Å²) in [5.41, 5.74) is 2.42. The molecule has 0 spiro atoms. The molecular weight excluding hydrogens is 172 g/mol. The Hall–Kier alpha value is -1.85. The normalized spacial score (nSPS) is 10.6. The molecule has 1 rings (SSSR count). The van der Waals surface area contributed by atoms with E-state index < -0.39 is 11.2 Å². The van der Waals surface area contributed by atoms with Crippen LogP contribution in [0.2, 0.25) is 0 Å². The number of hydrogen-bond acceptors (Lipinski definition) is 4. The van der Waals surface area contributed by atoms with Gasteiger partial charge >= 0.3 is 5.69 Å². The van der Waals surface area contributed by atoms with Crippen LogP contribution in [0.25, 0.3) is 0 Å². The molecule has 0 radical (unpaired) electrons. The maximum absolute atomic E-state index is 11.1. The Morgan fingerprint density at radius 3 is 2.69 bits per heavy atom. The summed E-state index contributed by atoms with van der Waals surface area (Å²) in [5, 5.41) is 3.69. The summed E-state index contributed by atoms with van der Waals surface area (Å²) in [6.45, 7) is 1.60. The van der Waals surface area contributed by atoms with Crippen molar-refractivity contribution in [3.63, 3.8) is 0 Å². The first-order chi connectivity index (χ1) is 6.15. The molecule has 0 saturated heterocycles. The van der Waals surface area contributed by atoms with Crippen molar-refractivity contribution in [2.75, 3.05) is 7.05 Å². The van der Waals surface area contributed by atoms with E-state index in [0.717, 1.165) is 0 Å². The van der Waals surface area contributed by atoms with Crippen LogP contribution in [0.4, 0.5) is 0 Å². The van der Waals surface area contributed by atoms with E-state index in [0.29, 0.717) is 11.3 Å². The van der Waals surface area contributed by atoms with Crippen molar-refractivity contribution in [2.24, 2.45) is 5.10 Å². The molecule has 1 heterocycles. The largest absolute Gasteiger partial charge is 0.326 e. The number of nitrogens with one attached hydrogen (secondary N) is 3. The Balaban J connectivity index is 3.29. The van der Waals surface area contributed by atoms with Crippen LogP contribution in [0.1, 0.15) is 11.3 Å². The van der Waals surface area contributed by atoms with E-state index in [4.69, 9.17) is 0 Å². The highest BCUT2D eigenvalue weighted by molar-refractivity contribution is 5.78. The van der Waals surface area contributed by atoms with E-state index >= 15 is 0 Å². The van der Waals surface area contributed by atoms with Crippen LogP contribution >= 0.6 is 0 Å². The fourth-order valence-electron chi connectivity index (χ4n) is 0.825. The fourth-order valence-corrected chi connectivity index (χ4v) is 0.825. The lowest BCUT2D eigenvalue weighted by atomic mass is 10.3. The van der Waals surface area contributed by atoms with E-state index in [-0.39, 0.29) is 0 Å². The first-order valence-corrected chi connectivity index (χ1v) is 3.68. The van der Waals surface area contributed by atoms with Crippen molar-refractivity contribution in [3.8, 4) is 0 Å². The third kappa shape index (κ3) is 2.05. The molecule has 3 N–H and O–H groups in total. The molecule has 13 heavy (non-hydrogen) atoms. The quantitative estimate of drug-likeness (QED) is 0.401. The second-order valence-corrected chi connectivity index (χ2v) is 2.43. The summed E-state index contributed by atoms with van der Waals surface area (Å²) in [5.74, 6) is 0. The molecule has 0 saturated carbocycles. The maximum atomic E-state index is 11.1. The highest BCUT2D eigenvalue weighted by atomic mass is 16.2. The number of aromatic nitrogens is 2. The van der Waals surface area contributed by atoms with Crippen molar-refractivity contribution in [2.45, 2.75) is 6.92 Å². The van der Waals surface area contributed by atoms with Crippen LogP contribution in [0.3, 0.4) is 0 Å².